The van der Waals surface area contributed by atoms with Gasteiger partial charge in [-0.25, -0.2) is 9.78 Å². The van der Waals surface area contributed by atoms with Gasteiger partial charge in [0.2, 0.25) is 0 Å². The summed E-state index contributed by atoms with van der Waals surface area (Å²) in [6.45, 7) is 7.18. The van der Waals surface area contributed by atoms with Crippen LogP contribution in [0.25, 0.3) is 0 Å². The van der Waals surface area contributed by atoms with E-state index in [1.807, 2.05) is 6.92 Å². The Morgan fingerprint density at radius 1 is 0.583 bits per heavy atom. The molecule has 0 aromatic carbocycles. The summed E-state index contributed by atoms with van der Waals surface area (Å²) in [4.78, 5) is 8.76. The Morgan fingerprint density at radius 3 is 1.50 bits per heavy atom. The van der Waals surface area contributed by atoms with Gasteiger partial charge < -0.3 is 0 Å². The van der Waals surface area contributed by atoms with Gasteiger partial charge in [-0.15, -0.1) is 0 Å². The molecule has 0 aliphatic heterocycles. The van der Waals surface area contributed by atoms with Gasteiger partial charge in [0.05, 0.1) is 13.7 Å². The van der Waals surface area contributed by atoms with Crippen LogP contribution in [0.3, 0.4) is 0 Å². The second kappa shape index (κ2) is 27.3. The monoisotopic (exact) mass is 340 g/mol. The molecule has 0 aromatic rings. The standard InChI is InChI=1S/C18H34.C4H10O2/c1-3-5-7-9-11-13-15-17-18-16-14-12-10-8-6-4-2;1-3-4-6-5-2/h5,7,10,12H,3-4,6,8-9,11,13-18H2,1-2H3;3-4H2,1-2H3/b7-5-,12-10-;. The molecule has 0 bridgehead atoms. The highest BCUT2D eigenvalue weighted by atomic mass is 17.2. The summed E-state index contributed by atoms with van der Waals surface area (Å²) in [5.41, 5.74) is 0. The van der Waals surface area contributed by atoms with E-state index in [4.69, 9.17) is 0 Å². The highest BCUT2D eigenvalue weighted by Crippen LogP contribution is 2.09. The van der Waals surface area contributed by atoms with Crippen molar-refractivity contribution in [2.45, 2.75) is 104 Å². The van der Waals surface area contributed by atoms with Gasteiger partial charge in [0.15, 0.2) is 0 Å². The second-order valence-corrected chi connectivity index (χ2v) is 6.18. The van der Waals surface area contributed by atoms with Gasteiger partial charge in [-0.05, 0) is 44.9 Å². The summed E-state index contributed by atoms with van der Waals surface area (Å²) < 4.78 is 0. The highest BCUT2D eigenvalue weighted by Gasteiger charge is 1.89. The fraction of sp³-hybridized carbons (Fsp3) is 0.818. The van der Waals surface area contributed by atoms with E-state index in [0.717, 1.165) is 6.42 Å². The van der Waals surface area contributed by atoms with Crippen LogP contribution in [0.15, 0.2) is 24.3 Å². The Labute approximate surface area is 152 Å². The molecule has 144 valence electrons. The molecule has 0 heterocycles. The van der Waals surface area contributed by atoms with Crippen LogP contribution in [-0.2, 0) is 9.78 Å². The molecule has 0 rings (SSSR count). The number of hydrogen-bond acceptors (Lipinski definition) is 2. The van der Waals surface area contributed by atoms with E-state index in [-0.39, 0.29) is 0 Å². The molecule has 0 saturated carbocycles. The zero-order valence-corrected chi connectivity index (χ0v) is 17.0. The van der Waals surface area contributed by atoms with Crippen LogP contribution in [0.4, 0.5) is 0 Å². The number of rotatable bonds is 16. The van der Waals surface area contributed by atoms with E-state index in [2.05, 4.69) is 47.9 Å². The third kappa shape index (κ3) is 29.4. The highest BCUT2D eigenvalue weighted by molar-refractivity contribution is 4.81. The molecule has 24 heavy (non-hydrogen) atoms. The molecule has 0 aromatic heterocycles. The van der Waals surface area contributed by atoms with E-state index < -0.39 is 0 Å². The Hall–Kier alpha value is -0.600. The van der Waals surface area contributed by atoms with Crippen molar-refractivity contribution in [1.82, 2.24) is 0 Å². The van der Waals surface area contributed by atoms with Crippen LogP contribution in [0.1, 0.15) is 104 Å². The molecule has 0 atom stereocenters. The maximum absolute atomic E-state index is 4.48. The molecular weight excluding hydrogens is 296 g/mol. The Kier molecular flexibility index (Phi) is 29.1. The maximum atomic E-state index is 4.48. The van der Waals surface area contributed by atoms with Gasteiger partial charge >= 0.3 is 0 Å². The van der Waals surface area contributed by atoms with E-state index in [1.165, 1.54) is 84.2 Å². The Morgan fingerprint density at radius 2 is 1.08 bits per heavy atom. The third-order valence-electron chi connectivity index (χ3n) is 3.69. The maximum Gasteiger partial charge on any atom is 0.0819 e. The van der Waals surface area contributed by atoms with Gasteiger partial charge in [-0.2, -0.15) is 0 Å². The molecule has 0 N–H and O–H groups in total. The van der Waals surface area contributed by atoms with Crippen molar-refractivity contribution in [2.75, 3.05) is 13.7 Å². The SMILES string of the molecule is CC/C=C\CCCCCCCC/C=C\CCCC.CCCOOC. The number of hydrogen-bond donors (Lipinski definition) is 0. The molecule has 2 nitrogen and oxygen atoms in total. The minimum atomic E-state index is 0.691. The summed E-state index contributed by atoms with van der Waals surface area (Å²) >= 11 is 0. The molecule has 0 fully saturated rings. The van der Waals surface area contributed by atoms with Gasteiger partial charge in [0.25, 0.3) is 0 Å². The quantitative estimate of drug-likeness (QED) is 0.123. The Balaban J connectivity index is 0. The van der Waals surface area contributed by atoms with E-state index in [9.17, 15) is 0 Å². The largest absolute Gasteiger partial charge is 0.240 e. The van der Waals surface area contributed by atoms with Crippen molar-refractivity contribution in [3.05, 3.63) is 24.3 Å². The topological polar surface area (TPSA) is 18.5 Å². The van der Waals surface area contributed by atoms with E-state index in [1.54, 1.807) is 0 Å². The minimum Gasteiger partial charge on any atom is -0.240 e. The number of allylic oxidation sites excluding steroid dienone is 4. The molecule has 0 aliphatic carbocycles. The fourth-order valence-electron chi connectivity index (χ4n) is 2.24. The Bertz CT molecular complexity index is 242. The van der Waals surface area contributed by atoms with Crippen LogP contribution in [0, 0.1) is 0 Å². The normalized spacial score (nSPS) is 11.2. The fourth-order valence-corrected chi connectivity index (χ4v) is 2.24. The van der Waals surface area contributed by atoms with Gasteiger partial charge in [0.1, 0.15) is 0 Å². The molecule has 0 aliphatic rings. The predicted molar refractivity (Wildman–Crippen MR) is 108 cm³/mol. The summed E-state index contributed by atoms with van der Waals surface area (Å²) in [5, 5.41) is 0. The molecule has 0 saturated heterocycles. The minimum absolute atomic E-state index is 0.691. The van der Waals surface area contributed by atoms with E-state index in [0.29, 0.717) is 6.61 Å². The van der Waals surface area contributed by atoms with Crippen LogP contribution >= 0.6 is 0 Å². The zero-order chi connectivity index (χ0) is 18.1. The van der Waals surface area contributed by atoms with Crippen LogP contribution in [0.2, 0.25) is 0 Å². The van der Waals surface area contributed by atoms with Crippen molar-refractivity contribution in [2.24, 2.45) is 0 Å². The van der Waals surface area contributed by atoms with Crippen molar-refractivity contribution >= 4 is 0 Å². The summed E-state index contributed by atoms with van der Waals surface area (Å²) in [6, 6.07) is 0. The van der Waals surface area contributed by atoms with Crippen molar-refractivity contribution < 1.29 is 9.78 Å². The molecule has 0 spiro atoms. The molecule has 0 unspecified atom stereocenters. The summed E-state index contributed by atoms with van der Waals surface area (Å²) in [6.07, 6.45) is 26.6. The first-order valence-electron chi connectivity index (χ1n) is 10.3. The molecular formula is C22H44O2. The van der Waals surface area contributed by atoms with Gasteiger partial charge in [-0.3, -0.25) is 0 Å². The average Bonchev–Trinajstić information content (AvgIpc) is 2.61. The first-order chi connectivity index (χ1) is 11.8. The lowest BCUT2D eigenvalue weighted by Gasteiger charge is -1.99. The van der Waals surface area contributed by atoms with Crippen LogP contribution < -0.4 is 0 Å². The van der Waals surface area contributed by atoms with Crippen molar-refractivity contribution in [1.29, 1.82) is 0 Å². The zero-order valence-electron chi connectivity index (χ0n) is 17.0. The van der Waals surface area contributed by atoms with Crippen molar-refractivity contribution in [3.8, 4) is 0 Å². The van der Waals surface area contributed by atoms with E-state index >= 15 is 0 Å². The average molecular weight is 341 g/mol. The summed E-state index contributed by atoms with van der Waals surface area (Å²) in [7, 11) is 1.51. The third-order valence-corrected chi connectivity index (χ3v) is 3.69. The number of unbranched alkanes of at least 4 members (excludes halogenated alkanes) is 9. The first kappa shape index (κ1) is 25.6. The predicted octanol–water partition coefficient (Wildman–Crippen LogP) is 7.79. The first-order valence-corrected chi connectivity index (χ1v) is 10.3. The van der Waals surface area contributed by atoms with Crippen LogP contribution in [-0.4, -0.2) is 13.7 Å². The van der Waals surface area contributed by atoms with Gasteiger partial charge in [0, 0.05) is 0 Å². The second-order valence-electron chi connectivity index (χ2n) is 6.18. The molecule has 0 radical (unpaired) electrons. The van der Waals surface area contributed by atoms with Gasteiger partial charge in [-0.1, -0.05) is 83.6 Å². The molecule has 2 heteroatoms. The lowest BCUT2D eigenvalue weighted by molar-refractivity contribution is -0.272. The van der Waals surface area contributed by atoms with Crippen LogP contribution in [0.5, 0.6) is 0 Å². The lowest BCUT2D eigenvalue weighted by atomic mass is 10.1. The smallest absolute Gasteiger partial charge is 0.0819 e. The molecule has 0 amide bonds. The lowest BCUT2D eigenvalue weighted by Crippen LogP contribution is -1.88. The summed E-state index contributed by atoms with van der Waals surface area (Å²) in [5.74, 6) is 0. The van der Waals surface area contributed by atoms with Crippen molar-refractivity contribution in [3.63, 3.8) is 0 Å².